The molecule has 0 aliphatic rings. The van der Waals surface area contributed by atoms with Gasteiger partial charge in [0.25, 0.3) is 21.4 Å². The maximum absolute atomic E-state index is 12.1. The number of nitrogens with zero attached hydrogens (tertiary/aromatic N) is 3. The molecule has 0 aliphatic heterocycles. The Balaban J connectivity index is 2.49. The topological polar surface area (TPSA) is 133 Å². The van der Waals surface area contributed by atoms with Crippen molar-refractivity contribution in [3.63, 3.8) is 0 Å². The Labute approximate surface area is 130 Å². The van der Waals surface area contributed by atoms with Crippen LogP contribution in [0.2, 0.25) is 0 Å². The molecular formula is C13H9N3O6S. The molecule has 0 saturated heterocycles. The molecule has 0 amide bonds. The number of hydrogen-bond acceptors (Lipinski definition) is 6. The van der Waals surface area contributed by atoms with Crippen molar-refractivity contribution in [2.24, 2.45) is 4.40 Å². The molecule has 0 unspecified atom stereocenters. The second-order valence-electron chi connectivity index (χ2n) is 4.29. The summed E-state index contributed by atoms with van der Waals surface area (Å²) in [6.45, 7) is 0. The molecule has 0 fully saturated rings. The van der Waals surface area contributed by atoms with E-state index in [1.807, 2.05) is 0 Å². The van der Waals surface area contributed by atoms with E-state index in [0.717, 1.165) is 18.3 Å². The highest BCUT2D eigenvalue weighted by Crippen LogP contribution is 2.29. The smallest absolute Gasteiger partial charge is 0.258 e. The molecule has 0 spiro atoms. The summed E-state index contributed by atoms with van der Waals surface area (Å²) in [5, 5.41) is 21.6. The lowest BCUT2D eigenvalue weighted by atomic mass is 10.2. The predicted octanol–water partition coefficient (Wildman–Crippen LogP) is 2.31. The van der Waals surface area contributed by atoms with Crippen molar-refractivity contribution in [1.82, 2.24) is 0 Å². The fourth-order valence-electron chi connectivity index (χ4n) is 1.71. The van der Waals surface area contributed by atoms with Crippen molar-refractivity contribution in [2.75, 3.05) is 0 Å². The van der Waals surface area contributed by atoms with Crippen molar-refractivity contribution in [3.8, 4) is 0 Å². The number of rotatable bonds is 5. The normalized spacial score (nSPS) is 11.5. The first-order valence-corrected chi connectivity index (χ1v) is 7.53. The van der Waals surface area contributed by atoms with Crippen LogP contribution >= 0.6 is 0 Å². The van der Waals surface area contributed by atoms with Gasteiger partial charge < -0.3 is 0 Å². The van der Waals surface area contributed by atoms with Crippen molar-refractivity contribution in [3.05, 3.63) is 74.3 Å². The quantitative estimate of drug-likeness (QED) is 0.467. The van der Waals surface area contributed by atoms with Crippen LogP contribution in [-0.2, 0) is 10.0 Å². The van der Waals surface area contributed by atoms with E-state index in [4.69, 9.17) is 0 Å². The standard InChI is InChI=1S/C13H9N3O6S/c17-15(18)11-6-7-13(12(8-11)16(19)20)23(21,22)14-9-10-4-2-1-3-5-10/h1-9H/b14-9-. The lowest BCUT2D eigenvalue weighted by molar-refractivity contribution is -0.396. The van der Waals surface area contributed by atoms with Crippen LogP contribution in [0.4, 0.5) is 11.4 Å². The van der Waals surface area contributed by atoms with Crippen LogP contribution in [0.15, 0.2) is 57.8 Å². The van der Waals surface area contributed by atoms with Crippen LogP contribution in [-0.4, -0.2) is 24.5 Å². The van der Waals surface area contributed by atoms with Gasteiger partial charge in [-0.05, 0) is 11.6 Å². The number of hydrogen-bond donors (Lipinski definition) is 0. The van der Waals surface area contributed by atoms with Gasteiger partial charge >= 0.3 is 0 Å². The van der Waals surface area contributed by atoms with Crippen LogP contribution in [0.5, 0.6) is 0 Å². The molecule has 9 nitrogen and oxygen atoms in total. The van der Waals surface area contributed by atoms with Gasteiger partial charge in [-0.2, -0.15) is 12.8 Å². The Kier molecular flexibility index (Phi) is 4.46. The molecule has 0 aliphatic carbocycles. The SMILES string of the molecule is O=[N+]([O-])c1ccc(S(=O)(=O)/N=C\c2ccccc2)c([N+](=O)[O-])c1. The van der Waals surface area contributed by atoms with Gasteiger partial charge in [-0.25, -0.2) is 0 Å². The van der Waals surface area contributed by atoms with Gasteiger partial charge in [0.1, 0.15) is 0 Å². The van der Waals surface area contributed by atoms with E-state index in [9.17, 15) is 28.6 Å². The fourth-order valence-corrected chi connectivity index (χ4v) is 2.72. The monoisotopic (exact) mass is 335 g/mol. The minimum absolute atomic E-state index is 0.487. The summed E-state index contributed by atoms with van der Waals surface area (Å²) in [5.74, 6) is 0. The Morgan fingerprint density at radius 2 is 1.61 bits per heavy atom. The third-order valence-electron chi connectivity index (χ3n) is 2.77. The molecule has 2 aromatic rings. The molecule has 10 heteroatoms. The molecule has 2 aromatic carbocycles. The molecule has 0 saturated carbocycles. The maximum Gasteiger partial charge on any atom is 0.296 e. The summed E-state index contributed by atoms with van der Waals surface area (Å²) < 4.78 is 27.7. The van der Waals surface area contributed by atoms with Crippen molar-refractivity contribution < 1.29 is 18.3 Å². The largest absolute Gasteiger partial charge is 0.296 e. The van der Waals surface area contributed by atoms with E-state index < -0.39 is 36.1 Å². The zero-order valence-electron chi connectivity index (χ0n) is 11.4. The van der Waals surface area contributed by atoms with Crippen LogP contribution in [0.3, 0.4) is 0 Å². The van der Waals surface area contributed by atoms with Crippen LogP contribution in [0.1, 0.15) is 5.56 Å². The number of non-ortho nitro benzene ring substituents is 1. The highest BCUT2D eigenvalue weighted by atomic mass is 32.2. The Hall–Kier alpha value is -3.14. The molecule has 0 atom stereocenters. The first-order valence-electron chi connectivity index (χ1n) is 6.09. The summed E-state index contributed by atoms with van der Waals surface area (Å²) >= 11 is 0. The predicted molar refractivity (Wildman–Crippen MR) is 81.0 cm³/mol. The summed E-state index contributed by atoms with van der Waals surface area (Å²) in [7, 11) is -4.37. The molecule has 23 heavy (non-hydrogen) atoms. The van der Waals surface area contributed by atoms with Gasteiger partial charge in [0, 0.05) is 12.3 Å². The third-order valence-corrected chi connectivity index (χ3v) is 4.05. The minimum Gasteiger partial charge on any atom is -0.258 e. The number of sulfonamides is 1. The van der Waals surface area contributed by atoms with Crippen LogP contribution < -0.4 is 0 Å². The van der Waals surface area contributed by atoms with E-state index in [-0.39, 0.29) is 0 Å². The molecule has 0 radical (unpaired) electrons. The van der Waals surface area contributed by atoms with Gasteiger partial charge in [-0.3, -0.25) is 20.2 Å². The van der Waals surface area contributed by atoms with Crippen LogP contribution in [0.25, 0.3) is 0 Å². The van der Waals surface area contributed by atoms with Gasteiger partial charge in [0.2, 0.25) is 0 Å². The number of nitro groups is 2. The molecule has 118 valence electrons. The Morgan fingerprint density at radius 3 is 2.17 bits per heavy atom. The van der Waals surface area contributed by atoms with Gasteiger partial charge in [0.05, 0.1) is 15.9 Å². The lowest BCUT2D eigenvalue weighted by Gasteiger charge is -2.01. The van der Waals surface area contributed by atoms with Gasteiger partial charge in [0.15, 0.2) is 4.90 Å². The van der Waals surface area contributed by atoms with Crippen molar-refractivity contribution in [1.29, 1.82) is 0 Å². The third kappa shape index (κ3) is 3.74. The highest BCUT2D eigenvalue weighted by molar-refractivity contribution is 7.90. The zero-order valence-corrected chi connectivity index (χ0v) is 12.2. The minimum atomic E-state index is -4.37. The molecule has 0 heterocycles. The molecule has 0 bridgehead atoms. The van der Waals surface area contributed by atoms with Gasteiger partial charge in [-0.1, -0.05) is 30.3 Å². The van der Waals surface area contributed by atoms with Crippen molar-refractivity contribution in [2.45, 2.75) is 4.90 Å². The van der Waals surface area contributed by atoms with Crippen LogP contribution in [0, 0.1) is 20.2 Å². The summed E-state index contributed by atoms with van der Waals surface area (Å²) in [4.78, 5) is 19.1. The maximum atomic E-state index is 12.1. The Bertz CT molecular complexity index is 893. The number of benzene rings is 2. The van der Waals surface area contributed by atoms with E-state index in [2.05, 4.69) is 4.40 Å². The zero-order chi connectivity index (χ0) is 17.0. The molecular weight excluding hydrogens is 326 g/mol. The first kappa shape index (κ1) is 16.2. The molecule has 2 rings (SSSR count). The fraction of sp³-hybridized carbons (Fsp3) is 0. The highest BCUT2D eigenvalue weighted by Gasteiger charge is 2.27. The average Bonchev–Trinajstić information content (AvgIpc) is 2.53. The summed E-state index contributed by atoms with van der Waals surface area (Å²) in [6, 6.07) is 10.5. The lowest BCUT2D eigenvalue weighted by Crippen LogP contribution is -2.04. The summed E-state index contributed by atoms with van der Waals surface area (Å²) in [6.07, 6.45) is 1.04. The van der Waals surface area contributed by atoms with Crippen molar-refractivity contribution >= 4 is 27.6 Å². The second-order valence-corrected chi connectivity index (χ2v) is 5.89. The average molecular weight is 335 g/mol. The number of nitro benzene ring substituents is 2. The first-order chi connectivity index (χ1) is 10.8. The van der Waals surface area contributed by atoms with E-state index in [0.29, 0.717) is 11.6 Å². The van der Waals surface area contributed by atoms with E-state index in [1.54, 1.807) is 30.3 Å². The van der Waals surface area contributed by atoms with E-state index in [1.165, 1.54) is 0 Å². The molecule has 0 N–H and O–H groups in total. The molecule has 0 aromatic heterocycles. The van der Waals surface area contributed by atoms with E-state index >= 15 is 0 Å². The second kappa shape index (κ2) is 6.32. The summed E-state index contributed by atoms with van der Waals surface area (Å²) in [5.41, 5.74) is -0.993. The Morgan fingerprint density at radius 1 is 0.957 bits per heavy atom. The van der Waals surface area contributed by atoms with Gasteiger partial charge in [-0.15, -0.1) is 0 Å².